The van der Waals surface area contributed by atoms with E-state index < -0.39 is 5.97 Å². The molecule has 0 amide bonds. The minimum Gasteiger partial charge on any atom is -0.475 e. The van der Waals surface area contributed by atoms with Gasteiger partial charge >= 0.3 is 5.97 Å². The monoisotopic (exact) mass is 215 g/mol. The molecule has 0 saturated heterocycles. The lowest BCUT2D eigenvalue weighted by Gasteiger charge is -2.18. The van der Waals surface area contributed by atoms with Gasteiger partial charge in [0.2, 0.25) is 5.82 Å². The van der Waals surface area contributed by atoms with Crippen LogP contribution in [0.2, 0.25) is 0 Å². The number of aromatic carboxylic acids is 1. The molecule has 0 saturated carbocycles. The Morgan fingerprint density at radius 2 is 2.31 bits per heavy atom. The Bertz CT molecular complexity index is 574. The number of carbonyl (C=O) groups is 1. The number of imidazole rings is 1. The summed E-state index contributed by atoms with van der Waals surface area (Å²) in [4.78, 5) is 18.9. The van der Waals surface area contributed by atoms with Gasteiger partial charge in [-0.25, -0.2) is 9.78 Å². The lowest BCUT2D eigenvalue weighted by molar-refractivity contribution is 0.0678. The fourth-order valence-electron chi connectivity index (χ4n) is 2.09. The molecule has 80 valence electrons. The summed E-state index contributed by atoms with van der Waals surface area (Å²) < 4.78 is 1.73. The van der Waals surface area contributed by atoms with Gasteiger partial charge in [-0.3, -0.25) is 4.98 Å². The van der Waals surface area contributed by atoms with Crippen molar-refractivity contribution >= 4 is 5.97 Å². The Labute approximate surface area is 91.4 Å². The number of carboxylic acid groups (broad SMARTS) is 1. The first-order valence-corrected chi connectivity index (χ1v) is 4.99. The molecule has 1 aliphatic rings. The van der Waals surface area contributed by atoms with Gasteiger partial charge in [0.25, 0.3) is 0 Å². The number of fused-ring (bicyclic) bond motifs is 3. The molecule has 1 N–H and O–H groups in total. The highest BCUT2D eigenvalue weighted by atomic mass is 16.4. The molecule has 0 aromatic carbocycles. The lowest BCUT2D eigenvalue weighted by atomic mass is 10.0. The predicted octanol–water partition coefficient (Wildman–Crippen LogP) is 1.20. The molecule has 0 atom stereocenters. The van der Waals surface area contributed by atoms with E-state index in [1.165, 1.54) is 5.56 Å². The topological polar surface area (TPSA) is 68.0 Å². The van der Waals surface area contributed by atoms with Gasteiger partial charge in [0.05, 0.1) is 11.9 Å². The highest BCUT2D eigenvalue weighted by Crippen LogP contribution is 2.29. The van der Waals surface area contributed by atoms with E-state index in [1.54, 1.807) is 23.2 Å². The van der Waals surface area contributed by atoms with Gasteiger partial charge in [-0.15, -0.1) is 0 Å². The Morgan fingerprint density at radius 3 is 3.12 bits per heavy atom. The summed E-state index contributed by atoms with van der Waals surface area (Å²) in [6, 6.07) is 1.96. The summed E-state index contributed by atoms with van der Waals surface area (Å²) in [7, 11) is 0. The molecule has 2 aromatic rings. The van der Waals surface area contributed by atoms with Crippen LogP contribution in [0.4, 0.5) is 0 Å². The minimum absolute atomic E-state index is 0.101. The third-order valence-corrected chi connectivity index (χ3v) is 2.84. The van der Waals surface area contributed by atoms with Crippen molar-refractivity contribution in [2.45, 2.75) is 13.0 Å². The molecule has 0 bridgehead atoms. The number of nitrogens with zero attached hydrogens (tertiary/aromatic N) is 3. The fraction of sp³-hybridized carbons (Fsp3) is 0.182. The quantitative estimate of drug-likeness (QED) is 0.776. The zero-order valence-electron chi connectivity index (χ0n) is 8.42. The number of hydrogen-bond donors (Lipinski definition) is 1. The van der Waals surface area contributed by atoms with Crippen LogP contribution in [0.25, 0.3) is 11.3 Å². The molecule has 0 fully saturated rings. The molecule has 3 rings (SSSR count). The lowest BCUT2D eigenvalue weighted by Crippen LogP contribution is -2.16. The second-order valence-electron chi connectivity index (χ2n) is 3.71. The summed E-state index contributed by atoms with van der Waals surface area (Å²) in [6.07, 6.45) is 5.93. The Morgan fingerprint density at radius 1 is 1.44 bits per heavy atom. The molecule has 16 heavy (non-hydrogen) atoms. The van der Waals surface area contributed by atoms with E-state index in [0.717, 1.165) is 17.7 Å². The van der Waals surface area contributed by atoms with Gasteiger partial charge in [0.1, 0.15) is 0 Å². The van der Waals surface area contributed by atoms with Gasteiger partial charge in [-0.2, -0.15) is 0 Å². The third-order valence-electron chi connectivity index (χ3n) is 2.84. The number of pyridine rings is 1. The van der Waals surface area contributed by atoms with Gasteiger partial charge in [-0.05, 0) is 18.1 Å². The first-order valence-electron chi connectivity index (χ1n) is 4.99. The largest absolute Gasteiger partial charge is 0.475 e. The Balaban J connectivity index is 2.23. The number of carboxylic acids is 1. The third kappa shape index (κ3) is 1.14. The van der Waals surface area contributed by atoms with Gasteiger partial charge < -0.3 is 9.67 Å². The van der Waals surface area contributed by atoms with Crippen molar-refractivity contribution < 1.29 is 9.90 Å². The summed E-state index contributed by atoms with van der Waals surface area (Å²) >= 11 is 0. The molecule has 2 aromatic heterocycles. The molecule has 0 unspecified atom stereocenters. The van der Waals surface area contributed by atoms with Crippen LogP contribution in [0, 0.1) is 0 Å². The average Bonchev–Trinajstić information content (AvgIpc) is 2.73. The molecule has 0 aliphatic carbocycles. The zero-order chi connectivity index (χ0) is 11.1. The van der Waals surface area contributed by atoms with Crippen molar-refractivity contribution in [3.05, 3.63) is 36.0 Å². The number of rotatable bonds is 1. The molecule has 0 radical (unpaired) electrons. The normalized spacial score (nSPS) is 13.0. The molecule has 0 spiro atoms. The predicted molar refractivity (Wildman–Crippen MR) is 56.1 cm³/mol. The first-order chi connectivity index (χ1) is 7.77. The van der Waals surface area contributed by atoms with Crippen LogP contribution in [-0.2, 0) is 13.0 Å². The van der Waals surface area contributed by atoms with Crippen molar-refractivity contribution in [2.24, 2.45) is 0 Å². The maximum atomic E-state index is 10.9. The molecular formula is C11H9N3O2. The highest BCUT2D eigenvalue weighted by Gasteiger charge is 2.22. The van der Waals surface area contributed by atoms with E-state index in [9.17, 15) is 4.79 Å². The molecule has 5 nitrogen and oxygen atoms in total. The second-order valence-corrected chi connectivity index (χ2v) is 3.71. The van der Waals surface area contributed by atoms with Crippen LogP contribution in [0.15, 0.2) is 24.7 Å². The molecule has 1 aliphatic heterocycles. The SMILES string of the molecule is O=C(O)c1ncc2n1CCc1ccncc1-2. The van der Waals surface area contributed by atoms with Gasteiger partial charge in [0, 0.05) is 24.5 Å². The van der Waals surface area contributed by atoms with Crippen molar-refractivity contribution in [1.82, 2.24) is 14.5 Å². The maximum Gasteiger partial charge on any atom is 0.372 e. The van der Waals surface area contributed by atoms with Crippen LogP contribution in [-0.4, -0.2) is 25.6 Å². The van der Waals surface area contributed by atoms with E-state index in [2.05, 4.69) is 9.97 Å². The summed E-state index contributed by atoms with van der Waals surface area (Å²) in [5.74, 6) is -0.886. The van der Waals surface area contributed by atoms with Crippen molar-refractivity contribution in [1.29, 1.82) is 0 Å². The smallest absolute Gasteiger partial charge is 0.372 e. The van der Waals surface area contributed by atoms with Crippen LogP contribution < -0.4 is 0 Å². The molecular weight excluding hydrogens is 206 g/mol. The van der Waals surface area contributed by atoms with Gasteiger partial charge in [0.15, 0.2) is 0 Å². The van der Waals surface area contributed by atoms with E-state index in [1.807, 2.05) is 6.07 Å². The van der Waals surface area contributed by atoms with Crippen LogP contribution in [0.5, 0.6) is 0 Å². The van der Waals surface area contributed by atoms with E-state index in [0.29, 0.717) is 6.54 Å². The molecule has 5 heteroatoms. The fourth-order valence-corrected chi connectivity index (χ4v) is 2.09. The van der Waals surface area contributed by atoms with E-state index in [4.69, 9.17) is 5.11 Å². The number of aryl methyl sites for hydroxylation is 1. The van der Waals surface area contributed by atoms with Crippen LogP contribution in [0.1, 0.15) is 16.2 Å². The van der Waals surface area contributed by atoms with Crippen molar-refractivity contribution in [2.75, 3.05) is 0 Å². The summed E-state index contributed by atoms with van der Waals surface area (Å²) in [5, 5.41) is 8.98. The average molecular weight is 215 g/mol. The summed E-state index contributed by atoms with van der Waals surface area (Å²) in [6.45, 7) is 0.661. The second kappa shape index (κ2) is 3.16. The Hall–Kier alpha value is -2.17. The number of aromatic nitrogens is 3. The first kappa shape index (κ1) is 9.08. The zero-order valence-corrected chi connectivity index (χ0v) is 8.42. The standard InChI is InChI=1S/C11H9N3O2/c15-11(16)10-13-6-9-8-5-12-3-1-7(8)2-4-14(9)10/h1,3,5-6H,2,4H2,(H,15,16). The van der Waals surface area contributed by atoms with Crippen LogP contribution in [0.3, 0.4) is 0 Å². The molecule has 3 heterocycles. The Kier molecular flexibility index (Phi) is 1.80. The number of hydrogen-bond acceptors (Lipinski definition) is 3. The highest BCUT2D eigenvalue weighted by molar-refractivity contribution is 5.85. The van der Waals surface area contributed by atoms with Crippen LogP contribution >= 0.6 is 0 Å². The van der Waals surface area contributed by atoms with E-state index >= 15 is 0 Å². The van der Waals surface area contributed by atoms with Crippen molar-refractivity contribution in [3.8, 4) is 11.3 Å². The minimum atomic E-state index is -0.987. The van der Waals surface area contributed by atoms with Gasteiger partial charge in [-0.1, -0.05) is 0 Å². The maximum absolute atomic E-state index is 10.9. The summed E-state index contributed by atoms with van der Waals surface area (Å²) in [5.41, 5.74) is 3.01. The van der Waals surface area contributed by atoms with Crippen molar-refractivity contribution in [3.63, 3.8) is 0 Å². The van der Waals surface area contributed by atoms with E-state index in [-0.39, 0.29) is 5.82 Å².